The molecule has 13 heteroatoms. The number of nitrogens with two attached hydrogens (primary N) is 1. The number of hydrogen-bond acceptors (Lipinski definition) is 8. The van der Waals surface area contributed by atoms with Crippen LogP contribution in [0, 0.1) is 6.92 Å². The number of rotatable bonds is 9. The van der Waals surface area contributed by atoms with Gasteiger partial charge in [0.15, 0.2) is 0 Å². The number of carbonyl (C=O) groups is 1. The number of alkyl halides is 3. The Morgan fingerprint density at radius 3 is 2.63 bits per heavy atom. The zero-order chi connectivity index (χ0) is 29.0. The van der Waals surface area contributed by atoms with Crippen LogP contribution in [0.5, 0.6) is 0 Å². The number of anilines is 3. The van der Waals surface area contributed by atoms with Crippen LogP contribution in [0.25, 0.3) is 16.9 Å². The number of hydrogen-bond donors (Lipinski definition) is 3. The molecule has 2 aromatic heterocycles. The quantitative estimate of drug-likeness (QED) is 0.275. The minimum atomic E-state index is -4.60. The van der Waals surface area contributed by atoms with Gasteiger partial charge in [-0.2, -0.15) is 13.2 Å². The maximum Gasteiger partial charge on any atom is 0.416 e. The number of aromatic nitrogens is 4. The van der Waals surface area contributed by atoms with E-state index < -0.39 is 17.6 Å². The summed E-state index contributed by atoms with van der Waals surface area (Å²) in [5.74, 6) is 0.768. The van der Waals surface area contributed by atoms with Gasteiger partial charge in [-0.25, -0.2) is 15.0 Å². The molecule has 1 fully saturated rings. The molecule has 214 valence electrons. The number of ether oxygens (including phenoxy) is 1. The van der Waals surface area contributed by atoms with Crippen LogP contribution in [0.1, 0.15) is 21.5 Å². The Labute approximate surface area is 234 Å². The Balaban J connectivity index is 1.36. The SMILES string of the molecule is Cc1ccc(-c2ccc(C(F)(F)F)cc2C(N)=O)cc1Nc1nccn1-c1cc(NCCN2CCOCC2)ncn1. The Morgan fingerprint density at radius 1 is 1.07 bits per heavy atom. The van der Waals surface area contributed by atoms with Gasteiger partial charge in [0.25, 0.3) is 0 Å². The maximum atomic E-state index is 13.2. The fraction of sp³-hybridized carbons (Fsp3) is 0.286. The number of nitrogens with zero attached hydrogens (tertiary/aromatic N) is 5. The lowest BCUT2D eigenvalue weighted by Gasteiger charge is -2.26. The zero-order valence-corrected chi connectivity index (χ0v) is 22.3. The molecule has 1 aliphatic rings. The van der Waals surface area contributed by atoms with Crippen LogP contribution in [0.15, 0.2) is 61.2 Å². The molecule has 0 unspecified atom stereocenters. The highest BCUT2D eigenvalue weighted by atomic mass is 19.4. The Kier molecular flexibility index (Phi) is 8.17. The largest absolute Gasteiger partial charge is 0.416 e. The number of benzene rings is 2. The van der Waals surface area contributed by atoms with Gasteiger partial charge in [0.2, 0.25) is 11.9 Å². The number of aryl methyl sites for hydroxylation is 1. The number of halogens is 3. The molecule has 0 aliphatic carbocycles. The van der Waals surface area contributed by atoms with Gasteiger partial charge >= 0.3 is 6.18 Å². The van der Waals surface area contributed by atoms with Crippen molar-refractivity contribution in [2.75, 3.05) is 50.0 Å². The minimum Gasteiger partial charge on any atom is -0.379 e. The van der Waals surface area contributed by atoms with E-state index in [9.17, 15) is 18.0 Å². The molecule has 0 radical (unpaired) electrons. The fourth-order valence-corrected chi connectivity index (χ4v) is 4.54. The third kappa shape index (κ3) is 6.64. The molecule has 1 amide bonds. The number of primary amides is 1. The lowest BCUT2D eigenvalue weighted by Crippen LogP contribution is -2.39. The lowest BCUT2D eigenvalue weighted by atomic mass is 9.95. The van der Waals surface area contributed by atoms with Gasteiger partial charge in [-0.15, -0.1) is 0 Å². The van der Waals surface area contributed by atoms with Gasteiger partial charge in [-0.3, -0.25) is 14.3 Å². The van der Waals surface area contributed by atoms with Crippen molar-refractivity contribution in [3.63, 3.8) is 0 Å². The van der Waals surface area contributed by atoms with E-state index in [1.165, 1.54) is 12.4 Å². The van der Waals surface area contributed by atoms with Crippen LogP contribution in [-0.4, -0.2) is 69.7 Å². The maximum absolute atomic E-state index is 13.2. The molecule has 1 saturated heterocycles. The Bertz CT molecular complexity index is 1530. The topological polar surface area (TPSA) is 123 Å². The zero-order valence-electron chi connectivity index (χ0n) is 22.3. The van der Waals surface area contributed by atoms with Crippen molar-refractivity contribution in [3.8, 4) is 16.9 Å². The standard InChI is InChI=1S/C28H29F3N8O2/c1-18-2-3-19(21-5-4-20(28(29,30)31)15-22(21)26(32)40)14-23(18)37-27-34-7-9-39(27)25-16-24(35-17-36-25)33-6-8-38-10-12-41-13-11-38/h2-5,7,9,14-17H,6,8,10-13H2,1H3,(H2,32,40)(H,34,37)(H,33,35,36). The summed E-state index contributed by atoms with van der Waals surface area (Å²) >= 11 is 0. The first-order valence-corrected chi connectivity index (χ1v) is 13.0. The summed E-state index contributed by atoms with van der Waals surface area (Å²) in [5.41, 5.74) is 6.59. The first-order valence-electron chi connectivity index (χ1n) is 13.0. The second-order valence-corrected chi connectivity index (χ2v) is 9.54. The third-order valence-corrected chi connectivity index (χ3v) is 6.79. The smallest absolute Gasteiger partial charge is 0.379 e. The second kappa shape index (κ2) is 11.9. The normalized spacial score (nSPS) is 14.1. The molecule has 4 N–H and O–H groups in total. The van der Waals surface area contributed by atoms with Gasteiger partial charge in [0.05, 0.1) is 18.8 Å². The molecule has 0 bridgehead atoms. The average Bonchev–Trinajstić information content (AvgIpc) is 3.42. The van der Waals surface area contributed by atoms with E-state index in [1.54, 1.807) is 35.2 Å². The van der Waals surface area contributed by atoms with E-state index in [4.69, 9.17) is 10.5 Å². The van der Waals surface area contributed by atoms with Crippen molar-refractivity contribution < 1.29 is 22.7 Å². The molecule has 41 heavy (non-hydrogen) atoms. The summed E-state index contributed by atoms with van der Waals surface area (Å²) in [6, 6.07) is 10.0. The molecule has 2 aromatic carbocycles. The predicted molar refractivity (Wildman–Crippen MR) is 148 cm³/mol. The lowest BCUT2D eigenvalue weighted by molar-refractivity contribution is -0.137. The molecule has 3 heterocycles. The summed E-state index contributed by atoms with van der Waals surface area (Å²) in [6.45, 7) is 6.76. The highest BCUT2D eigenvalue weighted by Gasteiger charge is 2.31. The summed E-state index contributed by atoms with van der Waals surface area (Å²) in [6.07, 6.45) is 0.246. The second-order valence-electron chi connectivity index (χ2n) is 9.54. The summed E-state index contributed by atoms with van der Waals surface area (Å²) < 4.78 is 46.9. The van der Waals surface area contributed by atoms with Gasteiger partial charge in [0.1, 0.15) is 18.0 Å². The van der Waals surface area contributed by atoms with Crippen molar-refractivity contribution >= 4 is 23.4 Å². The van der Waals surface area contributed by atoms with E-state index >= 15 is 0 Å². The molecule has 0 saturated carbocycles. The molecule has 10 nitrogen and oxygen atoms in total. The number of imidazole rings is 1. The van der Waals surface area contributed by atoms with Crippen molar-refractivity contribution in [3.05, 3.63) is 77.9 Å². The van der Waals surface area contributed by atoms with Gasteiger partial charge in [0, 0.05) is 55.9 Å². The summed E-state index contributed by atoms with van der Waals surface area (Å²) in [5, 5.41) is 6.61. The highest BCUT2D eigenvalue weighted by Crippen LogP contribution is 2.35. The van der Waals surface area contributed by atoms with E-state index in [0.717, 1.165) is 50.5 Å². The van der Waals surface area contributed by atoms with Crippen molar-refractivity contribution in [2.45, 2.75) is 13.1 Å². The summed E-state index contributed by atoms with van der Waals surface area (Å²) in [7, 11) is 0. The number of carbonyl (C=O) groups excluding carboxylic acids is 1. The fourth-order valence-electron chi connectivity index (χ4n) is 4.54. The van der Waals surface area contributed by atoms with E-state index in [2.05, 4.69) is 30.5 Å². The van der Waals surface area contributed by atoms with Crippen molar-refractivity contribution in [1.82, 2.24) is 24.4 Å². The average molecular weight is 567 g/mol. The van der Waals surface area contributed by atoms with E-state index in [-0.39, 0.29) is 5.56 Å². The summed E-state index contributed by atoms with van der Waals surface area (Å²) in [4.78, 5) is 27.5. The highest BCUT2D eigenvalue weighted by molar-refractivity contribution is 6.00. The molecule has 5 rings (SSSR count). The number of nitrogens with one attached hydrogen (secondary N) is 2. The molecular weight excluding hydrogens is 537 g/mol. The monoisotopic (exact) mass is 566 g/mol. The van der Waals surface area contributed by atoms with Crippen LogP contribution in [0.3, 0.4) is 0 Å². The first-order chi connectivity index (χ1) is 19.7. The number of amides is 1. The van der Waals surface area contributed by atoms with Crippen LogP contribution < -0.4 is 16.4 Å². The number of morpholine rings is 1. The molecule has 4 aromatic rings. The molecular formula is C28H29F3N8O2. The van der Waals surface area contributed by atoms with Crippen molar-refractivity contribution in [2.24, 2.45) is 5.73 Å². The predicted octanol–water partition coefficient (Wildman–Crippen LogP) is 4.24. The van der Waals surface area contributed by atoms with E-state index in [1.807, 2.05) is 13.0 Å². The van der Waals surface area contributed by atoms with Crippen LogP contribution in [0.2, 0.25) is 0 Å². The molecule has 1 aliphatic heterocycles. The first kappa shape index (κ1) is 28.1. The van der Waals surface area contributed by atoms with Gasteiger partial charge in [-0.1, -0.05) is 18.2 Å². The van der Waals surface area contributed by atoms with Crippen molar-refractivity contribution in [1.29, 1.82) is 0 Å². The Morgan fingerprint density at radius 2 is 1.88 bits per heavy atom. The minimum absolute atomic E-state index is 0.217. The van der Waals surface area contributed by atoms with Gasteiger partial charge in [-0.05, 0) is 41.8 Å². The third-order valence-electron chi connectivity index (χ3n) is 6.79. The van der Waals surface area contributed by atoms with E-state index in [0.29, 0.717) is 40.9 Å². The van der Waals surface area contributed by atoms with Crippen LogP contribution in [-0.2, 0) is 10.9 Å². The van der Waals surface area contributed by atoms with Gasteiger partial charge < -0.3 is 21.1 Å². The molecule has 0 atom stereocenters. The van der Waals surface area contributed by atoms with Crippen LogP contribution >= 0.6 is 0 Å². The van der Waals surface area contributed by atoms with Crippen LogP contribution in [0.4, 0.5) is 30.6 Å². The molecule has 0 spiro atoms. The Hall–Kier alpha value is -4.49.